The van der Waals surface area contributed by atoms with Crippen molar-refractivity contribution in [2.75, 3.05) is 12.4 Å². The number of methoxy groups -OCH3 is 1. The van der Waals surface area contributed by atoms with E-state index in [4.69, 9.17) is 4.74 Å². The van der Waals surface area contributed by atoms with Crippen molar-refractivity contribution < 1.29 is 24.4 Å². The number of carboxylic acids is 1. The monoisotopic (exact) mass is 500 g/mol. The van der Waals surface area contributed by atoms with Gasteiger partial charge in [0, 0.05) is 15.0 Å². The van der Waals surface area contributed by atoms with E-state index in [-0.39, 0.29) is 22.7 Å². The molecule has 0 aromatic heterocycles. The molecule has 0 fully saturated rings. The molecule has 0 saturated heterocycles. The zero-order valence-electron chi connectivity index (χ0n) is 14.2. The SMILES string of the molecule is COc1ccc(C(C)C(=O)Nc2c(Br)cc(Br)cc2C(=O)O)cc1[N+](=O)[O-]. The number of aromatic carboxylic acids is 1. The minimum absolute atomic E-state index is 0.0835. The number of hydrogen-bond acceptors (Lipinski definition) is 5. The van der Waals surface area contributed by atoms with Gasteiger partial charge in [0.25, 0.3) is 0 Å². The molecule has 27 heavy (non-hydrogen) atoms. The quantitative estimate of drug-likeness (QED) is 0.442. The highest BCUT2D eigenvalue weighted by Gasteiger charge is 2.24. The Labute approximate surface area is 170 Å². The maximum absolute atomic E-state index is 12.6. The molecule has 2 aromatic rings. The number of hydrogen-bond donors (Lipinski definition) is 2. The van der Waals surface area contributed by atoms with Gasteiger partial charge in [0.15, 0.2) is 5.75 Å². The van der Waals surface area contributed by atoms with Crippen molar-refractivity contribution in [2.45, 2.75) is 12.8 Å². The van der Waals surface area contributed by atoms with Crippen LogP contribution in [0.25, 0.3) is 0 Å². The number of amides is 1. The number of ether oxygens (including phenoxy) is 1. The van der Waals surface area contributed by atoms with E-state index in [1.165, 1.54) is 25.3 Å². The van der Waals surface area contributed by atoms with E-state index in [9.17, 15) is 24.8 Å². The van der Waals surface area contributed by atoms with E-state index in [0.717, 1.165) is 0 Å². The first-order chi connectivity index (χ1) is 12.6. The van der Waals surface area contributed by atoms with Gasteiger partial charge in [0.05, 0.1) is 29.2 Å². The van der Waals surface area contributed by atoms with Gasteiger partial charge in [-0.05, 0) is 46.6 Å². The van der Waals surface area contributed by atoms with Crippen molar-refractivity contribution >= 4 is 55.1 Å². The van der Waals surface area contributed by atoms with Gasteiger partial charge in [-0.2, -0.15) is 0 Å². The maximum Gasteiger partial charge on any atom is 0.337 e. The highest BCUT2D eigenvalue weighted by molar-refractivity contribution is 9.11. The second-order valence-electron chi connectivity index (χ2n) is 5.51. The number of carbonyl (C=O) groups is 2. The molecule has 0 saturated carbocycles. The topological polar surface area (TPSA) is 119 Å². The summed E-state index contributed by atoms with van der Waals surface area (Å²) < 4.78 is 5.86. The molecule has 0 aliphatic rings. The smallest absolute Gasteiger partial charge is 0.337 e. The minimum Gasteiger partial charge on any atom is -0.490 e. The third-order valence-corrected chi connectivity index (χ3v) is 4.91. The van der Waals surface area contributed by atoms with Crippen LogP contribution >= 0.6 is 31.9 Å². The fourth-order valence-corrected chi connectivity index (χ4v) is 3.70. The number of nitrogens with zero attached hydrogens (tertiary/aromatic N) is 1. The first kappa shape index (κ1) is 20.8. The number of nitro groups is 1. The van der Waals surface area contributed by atoms with Crippen molar-refractivity contribution in [1.29, 1.82) is 0 Å². The average Bonchev–Trinajstić information content (AvgIpc) is 2.62. The zero-order valence-corrected chi connectivity index (χ0v) is 17.3. The number of anilines is 1. The molecule has 0 aliphatic heterocycles. The van der Waals surface area contributed by atoms with Gasteiger partial charge in [-0.25, -0.2) is 4.79 Å². The first-order valence-corrected chi connectivity index (χ1v) is 9.09. The average molecular weight is 502 g/mol. The molecule has 0 aliphatic carbocycles. The Bertz CT molecular complexity index is 932. The highest BCUT2D eigenvalue weighted by Crippen LogP contribution is 2.34. The lowest BCUT2D eigenvalue weighted by molar-refractivity contribution is -0.385. The molecule has 1 unspecified atom stereocenters. The van der Waals surface area contributed by atoms with Gasteiger partial charge in [0.2, 0.25) is 5.91 Å². The van der Waals surface area contributed by atoms with Crippen LogP contribution in [0, 0.1) is 10.1 Å². The normalized spacial score (nSPS) is 11.6. The van der Waals surface area contributed by atoms with Gasteiger partial charge in [-0.1, -0.05) is 22.0 Å². The Kier molecular flexibility index (Phi) is 6.55. The van der Waals surface area contributed by atoms with Crippen LogP contribution < -0.4 is 10.1 Å². The standard InChI is InChI=1S/C17H14Br2N2O6/c1-8(9-3-4-14(27-2)13(5-9)21(25)26)16(22)20-15-11(17(23)24)6-10(18)7-12(15)19/h3-8H,1-2H3,(H,20,22)(H,23,24). The number of nitro benzene ring substituents is 1. The Morgan fingerprint density at radius 1 is 1.26 bits per heavy atom. The Morgan fingerprint density at radius 2 is 1.93 bits per heavy atom. The van der Waals surface area contributed by atoms with Crippen LogP contribution in [0.3, 0.4) is 0 Å². The Hall–Kier alpha value is -2.46. The zero-order chi connectivity index (χ0) is 20.3. The van der Waals surface area contributed by atoms with Crippen LogP contribution in [-0.4, -0.2) is 29.0 Å². The van der Waals surface area contributed by atoms with E-state index >= 15 is 0 Å². The molecule has 1 atom stereocenters. The number of halogens is 2. The Balaban J connectivity index is 2.36. The summed E-state index contributed by atoms with van der Waals surface area (Å²) in [6.45, 7) is 1.56. The molecule has 0 radical (unpaired) electrons. The molecule has 2 aromatic carbocycles. The molecule has 142 valence electrons. The lowest BCUT2D eigenvalue weighted by Gasteiger charge is -2.16. The second kappa shape index (κ2) is 8.49. The molecular formula is C17H14Br2N2O6. The van der Waals surface area contributed by atoms with Crippen molar-refractivity contribution in [3.8, 4) is 5.75 Å². The predicted octanol–water partition coefficient (Wildman–Crippen LogP) is 4.57. The number of carbonyl (C=O) groups excluding carboxylic acids is 1. The van der Waals surface area contributed by atoms with Gasteiger partial charge in [-0.3, -0.25) is 14.9 Å². The van der Waals surface area contributed by atoms with Crippen molar-refractivity contribution in [3.05, 3.63) is 60.5 Å². The van der Waals surface area contributed by atoms with Crippen molar-refractivity contribution in [1.82, 2.24) is 0 Å². The van der Waals surface area contributed by atoms with Crippen LogP contribution in [-0.2, 0) is 4.79 Å². The number of rotatable bonds is 6. The van der Waals surface area contributed by atoms with Crippen LogP contribution in [0.1, 0.15) is 28.8 Å². The third-order valence-electron chi connectivity index (χ3n) is 3.83. The van der Waals surface area contributed by atoms with E-state index in [2.05, 4.69) is 37.2 Å². The summed E-state index contributed by atoms with van der Waals surface area (Å²) in [6.07, 6.45) is 0. The largest absolute Gasteiger partial charge is 0.490 e. The van der Waals surface area contributed by atoms with Gasteiger partial charge in [-0.15, -0.1) is 0 Å². The minimum atomic E-state index is -1.21. The summed E-state index contributed by atoms with van der Waals surface area (Å²) in [5.41, 5.74) is 0.138. The summed E-state index contributed by atoms with van der Waals surface area (Å²) in [7, 11) is 1.32. The van der Waals surface area contributed by atoms with E-state index in [0.29, 0.717) is 14.5 Å². The fraction of sp³-hybridized carbons (Fsp3) is 0.176. The Morgan fingerprint density at radius 3 is 2.48 bits per heavy atom. The molecule has 2 rings (SSSR count). The third kappa shape index (κ3) is 4.64. The van der Waals surface area contributed by atoms with Crippen molar-refractivity contribution in [3.63, 3.8) is 0 Å². The molecule has 2 N–H and O–H groups in total. The first-order valence-electron chi connectivity index (χ1n) is 7.51. The number of benzene rings is 2. The summed E-state index contributed by atoms with van der Waals surface area (Å²) in [5, 5.41) is 23.1. The summed E-state index contributed by atoms with van der Waals surface area (Å²) in [4.78, 5) is 34.6. The molecule has 0 bridgehead atoms. The highest BCUT2D eigenvalue weighted by atomic mass is 79.9. The predicted molar refractivity (Wildman–Crippen MR) is 105 cm³/mol. The summed E-state index contributed by atoms with van der Waals surface area (Å²) >= 11 is 6.44. The van der Waals surface area contributed by atoms with Crippen LogP contribution in [0.5, 0.6) is 5.75 Å². The van der Waals surface area contributed by atoms with E-state index in [1.54, 1.807) is 19.1 Å². The lowest BCUT2D eigenvalue weighted by atomic mass is 9.99. The van der Waals surface area contributed by atoms with Gasteiger partial charge < -0.3 is 15.2 Å². The van der Waals surface area contributed by atoms with Crippen LogP contribution in [0.15, 0.2) is 39.3 Å². The number of nitrogens with one attached hydrogen (secondary N) is 1. The maximum atomic E-state index is 12.6. The molecular weight excluding hydrogens is 488 g/mol. The van der Waals surface area contributed by atoms with Crippen LogP contribution in [0.2, 0.25) is 0 Å². The lowest BCUT2D eigenvalue weighted by Crippen LogP contribution is -2.21. The summed E-state index contributed by atoms with van der Waals surface area (Å²) in [5.74, 6) is -2.41. The molecule has 1 amide bonds. The molecule has 8 nitrogen and oxygen atoms in total. The molecule has 0 spiro atoms. The molecule has 10 heteroatoms. The van der Waals surface area contributed by atoms with Crippen LogP contribution in [0.4, 0.5) is 11.4 Å². The van der Waals surface area contributed by atoms with Gasteiger partial charge in [0.1, 0.15) is 0 Å². The van der Waals surface area contributed by atoms with E-state index in [1.807, 2.05) is 0 Å². The summed E-state index contributed by atoms with van der Waals surface area (Å²) in [6, 6.07) is 7.19. The van der Waals surface area contributed by atoms with Crippen molar-refractivity contribution in [2.24, 2.45) is 0 Å². The van der Waals surface area contributed by atoms with Gasteiger partial charge >= 0.3 is 11.7 Å². The molecule has 0 heterocycles. The fourth-order valence-electron chi connectivity index (χ4n) is 2.37. The number of carboxylic acid groups (broad SMARTS) is 1. The second-order valence-corrected chi connectivity index (χ2v) is 7.28. The van der Waals surface area contributed by atoms with E-state index < -0.39 is 22.7 Å².